The first-order valence-corrected chi connectivity index (χ1v) is 10.9. The summed E-state index contributed by atoms with van der Waals surface area (Å²) in [5.41, 5.74) is 1.34. The molecule has 2 rings (SSSR count). The second-order valence-electron chi connectivity index (χ2n) is 5.93. The van der Waals surface area contributed by atoms with Gasteiger partial charge in [0.25, 0.3) is 5.91 Å². The lowest BCUT2D eigenvalue weighted by molar-refractivity contribution is -0.118. The van der Waals surface area contributed by atoms with Gasteiger partial charge in [0.2, 0.25) is 10.0 Å². The molecule has 0 saturated carbocycles. The van der Waals surface area contributed by atoms with Crippen LogP contribution in [-0.2, 0) is 14.8 Å². The van der Waals surface area contributed by atoms with Gasteiger partial charge in [-0.1, -0.05) is 43.1 Å². The summed E-state index contributed by atoms with van der Waals surface area (Å²) < 4.78 is 31.8. The minimum absolute atomic E-state index is 0.0764. The molecule has 0 aromatic heterocycles. The molecule has 2 aromatic carbocycles. The van der Waals surface area contributed by atoms with Crippen LogP contribution in [0.3, 0.4) is 0 Å². The Morgan fingerprint density at radius 3 is 2.39 bits per heavy atom. The van der Waals surface area contributed by atoms with Crippen molar-refractivity contribution in [3.8, 4) is 5.75 Å². The van der Waals surface area contributed by atoms with Crippen LogP contribution in [0.1, 0.15) is 19.4 Å². The molecular formula is C19H22Cl2N2O4S. The van der Waals surface area contributed by atoms with Gasteiger partial charge in [-0.2, -0.15) is 4.31 Å². The SMILES string of the molecule is CCN(CC)S(=O)(=O)c1ccc(OCC(=O)Nc2cccc(Cl)c2C)c(Cl)c1. The molecule has 0 saturated heterocycles. The monoisotopic (exact) mass is 444 g/mol. The highest BCUT2D eigenvalue weighted by molar-refractivity contribution is 7.89. The van der Waals surface area contributed by atoms with Gasteiger partial charge in [-0.15, -0.1) is 0 Å². The highest BCUT2D eigenvalue weighted by Crippen LogP contribution is 2.29. The van der Waals surface area contributed by atoms with Crippen molar-refractivity contribution in [2.24, 2.45) is 0 Å². The van der Waals surface area contributed by atoms with Gasteiger partial charge in [0.1, 0.15) is 5.75 Å². The van der Waals surface area contributed by atoms with Crippen LogP contribution in [0.5, 0.6) is 5.75 Å². The number of ether oxygens (including phenoxy) is 1. The number of benzene rings is 2. The summed E-state index contributed by atoms with van der Waals surface area (Å²) in [6.45, 7) is 5.76. The molecule has 0 atom stereocenters. The van der Waals surface area contributed by atoms with Crippen LogP contribution in [0.4, 0.5) is 5.69 Å². The van der Waals surface area contributed by atoms with E-state index in [0.29, 0.717) is 23.8 Å². The Hall–Kier alpha value is -1.80. The maximum Gasteiger partial charge on any atom is 0.262 e. The summed E-state index contributed by atoms with van der Waals surface area (Å²) in [7, 11) is -3.62. The molecule has 0 spiro atoms. The summed E-state index contributed by atoms with van der Waals surface area (Å²) in [4.78, 5) is 12.2. The van der Waals surface area contributed by atoms with E-state index in [1.54, 1.807) is 39.0 Å². The zero-order valence-electron chi connectivity index (χ0n) is 15.8. The molecule has 9 heteroatoms. The Morgan fingerprint density at radius 2 is 1.79 bits per heavy atom. The van der Waals surface area contributed by atoms with E-state index in [4.69, 9.17) is 27.9 Å². The molecule has 6 nitrogen and oxygen atoms in total. The van der Waals surface area contributed by atoms with E-state index in [1.807, 2.05) is 0 Å². The van der Waals surface area contributed by atoms with E-state index in [2.05, 4.69) is 5.32 Å². The number of hydrogen-bond acceptors (Lipinski definition) is 4. The maximum absolute atomic E-state index is 12.5. The van der Waals surface area contributed by atoms with Crippen molar-refractivity contribution in [2.75, 3.05) is 25.0 Å². The van der Waals surface area contributed by atoms with Crippen molar-refractivity contribution in [1.29, 1.82) is 0 Å². The third-order valence-electron chi connectivity index (χ3n) is 4.15. The Bertz CT molecular complexity index is 960. The molecule has 0 unspecified atom stereocenters. The molecule has 1 amide bonds. The number of hydrogen-bond donors (Lipinski definition) is 1. The number of nitrogens with zero attached hydrogens (tertiary/aromatic N) is 1. The minimum Gasteiger partial charge on any atom is -0.482 e. The van der Waals surface area contributed by atoms with Crippen LogP contribution in [0.15, 0.2) is 41.3 Å². The van der Waals surface area contributed by atoms with E-state index >= 15 is 0 Å². The second-order valence-corrected chi connectivity index (χ2v) is 8.68. The summed E-state index contributed by atoms with van der Waals surface area (Å²) in [5.74, 6) is -0.167. The van der Waals surface area contributed by atoms with Crippen LogP contribution >= 0.6 is 23.2 Å². The molecule has 0 aliphatic carbocycles. The number of nitrogens with one attached hydrogen (secondary N) is 1. The Kier molecular flexibility index (Phi) is 7.71. The normalized spacial score (nSPS) is 11.5. The number of sulfonamides is 1. The van der Waals surface area contributed by atoms with Crippen molar-refractivity contribution in [2.45, 2.75) is 25.7 Å². The fraction of sp³-hybridized carbons (Fsp3) is 0.316. The predicted octanol–water partition coefficient (Wildman–Crippen LogP) is 4.35. The predicted molar refractivity (Wildman–Crippen MR) is 112 cm³/mol. The van der Waals surface area contributed by atoms with Crippen LogP contribution in [0.25, 0.3) is 0 Å². The van der Waals surface area contributed by atoms with E-state index in [-0.39, 0.29) is 28.2 Å². The first-order valence-electron chi connectivity index (χ1n) is 8.68. The Balaban J connectivity index is 2.07. The molecular weight excluding hydrogens is 423 g/mol. The quantitative estimate of drug-likeness (QED) is 0.656. The molecule has 0 aliphatic rings. The molecule has 0 bridgehead atoms. The molecule has 1 N–H and O–H groups in total. The van der Waals surface area contributed by atoms with E-state index in [0.717, 1.165) is 5.56 Å². The smallest absolute Gasteiger partial charge is 0.262 e. The fourth-order valence-corrected chi connectivity index (χ4v) is 4.50. The first-order chi connectivity index (χ1) is 13.2. The van der Waals surface area contributed by atoms with Crippen LogP contribution in [-0.4, -0.2) is 38.3 Å². The van der Waals surface area contributed by atoms with Gasteiger partial charge in [-0.25, -0.2) is 8.42 Å². The molecule has 0 aliphatic heterocycles. The lowest BCUT2D eigenvalue weighted by Crippen LogP contribution is -2.30. The topological polar surface area (TPSA) is 75.7 Å². The van der Waals surface area contributed by atoms with Crippen molar-refractivity contribution in [1.82, 2.24) is 4.31 Å². The van der Waals surface area contributed by atoms with Crippen molar-refractivity contribution < 1.29 is 17.9 Å². The van der Waals surface area contributed by atoms with Crippen molar-refractivity contribution in [3.63, 3.8) is 0 Å². The molecule has 28 heavy (non-hydrogen) atoms. The molecule has 152 valence electrons. The highest BCUT2D eigenvalue weighted by atomic mass is 35.5. The van der Waals surface area contributed by atoms with Gasteiger partial charge < -0.3 is 10.1 Å². The fourth-order valence-electron chi connectivity index (χ4n) is 2.54. The lowest BCUT2D eigenvalue weighted by atomic mass is 10.2. The van der Waals surface area contributed by atoms with E-state index in [1.165, 1.54) is 22.5 Å². The number of anilines is 1. The van der Waals surface area contributed by atoms with Crippen LogP contribution < -0.4 is 10.1 Å². The standard InChI is InChI=1S/C19H22Cl2N2O4S/c1-4-23(5-2)28(25,26)14-9-10-18(16(21)11-14)27-12-19(24)22-17-8-6-7-15(20)13(17)3/h6-11H,4-5,12H2,1-3H3,(H,22,24). The first kappa shape index (κ1) is 22.5. The second kappa shape index (κ2) is 9.60. The van der Waals surface area contributed by atoms with Crippen molar-refractivity contribution >= 4 is 44.8 Å². The number of rotatable bonds is 8. The largest absolute Gasteiger partial charge is 0.482 e. The zero-order chi connectivity index (χ0) is 20.9. The molecule has 0 radical (unpaired) electrons. The minimum atomic E-state index is -3.62. The summed E-state index contributed by atoms with van der Waals surface area (Å²) in [5, 5.41) is 3.37. The maximum atomic E-state index is 12.5. The van der Waals surface area contributed by atoms with Gasteiger partial charge in [-0.3, -0.25) is 4.79 Å². The Morgan fingerprint density at radius 1 is 1.11 bits per heavy atom. The highest BCUT2D eigenvalue weighted by Gasteiger charge is 2.22. The number of carbonyl (C=O) groups excluding carboxylic acids is 1. The third kappa shape index (κ3) is 5.17. The molecule has 0 fully saturated rings. The lowest BCUT2D eigenvalue weighted by Gasteiger charge is -2.19. The van der Waals surface area contributed by atoms with Gasteiger partial charge in [0.15, 0.2) is 6.61 Å². The Labute approximate surface area is 175 Å². The number of carbonyl (C=O) groups is 1. The number of amides is 1. The van der Waals surface area contributed by atoms with Crippen molar-refractivity contribution in [3.05, 3.63) is 52.0 Å². The summed E-state index contributed by atoms with van der Waals surface area (Å²) in [6.07, 6.45) is 0. The van der Waals surface area contributed by atoms with Crippen LogP contribution in [0, 0.1) is 6.92 Å². The van der Waals surface area contributed by atoms with Crippen LogP contribution in [0.2, 0.25) is 10.0 Å². The number of halogens is 2. The van der Waals surface area contributed by atoms with E-state index < -0.39 is 10.0 Å². The average Bonchev–Trinajstić information content (AvgIpc) is 2.65. The zero-order valence-corrected chi connectivity index (χ0v) is 18.2. The molecule has 0 heterocycles. The molecule has 2 aromatic rings. The average molecular weight is 445 g/mol. The summed E-state index contributed by atoms with van der Waals surface area (Å²) in [6, 6.07) is 9.38. The van der Waals surface area contributed by atoms with Gasteiger partial charge in [0.05, 0.1) is 9.92 Å². The van der Waals surface area contributed by atoms with Gasteiger partial charge in [-0.05, 0) is 42.8 Å². The van der Waals surface area contributed by atoms with E-state index in [9.17, 15) is 13.2 Å². The third-order valence-corrected chi connectivity index (χ3v) is 6.90. The van der Waals surface area contributed by atoms with Gasteiger partial charge in [0, 0.05) is 23.8 Å². The van der Waals surface area contributed by atoms with Gasteiger partial charge >= 0.3 is 0 Å². The summed E-state index contributed by atoms with van der Waals surface area (Å²) >= 11 is 12.2.